The number of methoxy groups -OCH3 is 1. The summed E-state index contributed by atoms with van der Waals surface area (Å²) in [6.45, 7) is 0. The number of hydrogen-bond acceptors (Lipinski definition) is 7. The van der Waals surface area contributed by atoms with Crippen molar-refractivity contribution in [1.29, 1.82) is 0 Å². The summed E-state index contributed by atoms with van der Waals surface area (Å²) in [5.41, 5.74) is 0.322. The molecule has 0 aliphatic carbocycles. The van der Waals surface area contributed by atoms with E-state index in [9.17, 15) is 19.7 Å². The van der Waals surface area contributed by atoms with Crippen molar-refractivity contribution in [3.8, 4) is 0 Å². The van der Waals surface area contributed by atoms with E-state index in [1.54, 1.807) is 11.4 Å². The van der Waals surface area contributed by atoms with E-state index < -0.39 is 16.8 Å². The van der Waals surface area contributed by atoms with Gasteiger partial charge in [0.05, 0.1) is 22.6 Å². The lowest BCUT2D eigenvalue weighted by Crippen LogP contribution is -2.12. The Hall–Kier alpha value is -2.26. The van der Waals surface area contributed by atoms with E-state index in [1.807, 2.05) is 0 Å². The first-order valence-electron chi connectivity index (χ1n) is 5.24. The molecule has 20 heavy (non-hydrogen) atoms. The molecule has 2 rings (SSSR count). The van der Waals surface area contributed by atoms with E-state index >= 15 is 0 Å². The Balaban J connectivity index is 2.17. The van der Waals surface area contributed by atoms with E-state index in [1.165, 1.54) is 19.2 Å². The molecular weight excluding hydrogens is 304 g/mol. The minimum absolute atomic E-state index is 0.117. The minimum atomic E-state index is -0.564. The van der Waals surface area contributed by atoms with Crippen molar-refractivity contribution in [1.82, 2.24) is 0 Å². The fourth-order valence-corrected chi connectivity index (χ4v) is 2.87. The molecule has 0 atom stereocenters. The Kier molecular flexibility index (Phi) is 4.11. The summed E-state index contributed by atoms with van der Waals surface area (Å²) in [6.07, 6.45) is 0. The smallest absolute Gasteiger partial charge is 0.350 e. The Morgan fingerprint density at radius 1 is 1.35 bits per heavy atom. The molecule has 0 aliphatic heterocycles. The summed E-state index contributed by atoms with van der Waals surface area (Å²) >= 11 is 1.90. The Morgan fingerprint density at radius 2 is 2.10 bits per heavy atom. The molecule has 0 unspecified atom stereocenters. The number of thiophene rings is 2. The maximum atomic E-state index is 11.9. The maximum absolute atomic E-state index is 11.9. The van der Waals surface area contributed by atoms with Crippen molar-refractivity contribution >= 4 is 45.2 Å². The molecule has 0 aromatic carbocycles. The second kappa shape index (κ2) is 5.80. The van der Waals surface area contributed by atoms with Gasteiger partial charge in [-0.15, -0.1) is 11.3 Å². The largest absolute Gasteiger partial charge is 0.465 e. The molecule has 0 fully saturated rings. The summed E-state index contributed by atoms with van der Waals surface area (Å²) in [5, 5.41) is 14.6. The summed E-state index contributed by atoms with van der Waals surface area (Å²) in [7, 11) is 1.25. The van der Waals surface area contributed by atoms with E-state index in [2.05, 4.69) is 10.1 Å². The van der Waals surface area contributed by atoms with Gasteiger partial charge in [0.25, 0.3) is 5.91 Å². The van der Waals surface area contributed by atoms with Gasteiger partial charge in [0.15, 0.2) is 0 Å². The van der Waals surface area contributed by atoms with Crippen LogP contribution in [0.3, 0.4) is 0 Å². The third-order valence-electron chi connectivity index (χ3n) is 2.28. The molecule has 0 saturated carbocycles. The van der Waals surface area contributed by atoms with Crippen molar-refractivity contribution in [3.63, 3.8) is 0 Å². The zero-order valence-corrected chi connectivity index (χ0v) is 11.7. The van der Waals surface area contributed by atoms with E-state index in [0.717, 1.165) is 22.7 Å². The van der Waals surface area contributed by atoms with Crippen LogP contribution in [0, 0.1) is 10.1 Å². The van der Waals surface area contributed by atoms with Crippen molar-refractivity contribution in [3.05, 3.63) is 43.4 Å². The number of carbonyl (C=O) groups is 2. The van der Waals surface area contributed by atoms with Gasteiger partial charge < -0.3 is 10.1 Å². The molecule has 0 spiro atoms. The van der Waals surface area contributed by atoms with Gasteiger partial charge in [0.2, 0.25) is 0 Å². The molecule has 2 heterocycles. The molecule has 0 bridgehead atoms. The van der Waals surface area contributed by atoms with Gasteiger partial charge in [-0.05, 0) is 17.5 Å². The van der Waals surface area contributed by atoms with Crippen LogP contribution < -0.4 is 5.32 Å². The number of esters is 1. The molecule has 0 saturated heterocycles. The van der Waals surface area contributed by atoms with Gasteiger partial charge in [-0.3, -0.25) is 14.9 Å². The zero-order chi connectivity index (χ0) is 14.7. The minimum Gasteiger partial charge on any atom is -0.465 e. The number of ether oxygens (including phenoxy) is 1. The molecule has 2 aromatic heterocycles. The highest BCUT2D eigenvalue weighted by Gasteiger charge is 2.19. The quantitative estimate of drug-likeness (QED) is 0.531. The van der Waals surface area contributed by atoms with Crippen LogP contribution in [-0.4, -0.2) is 23.9 Å². The van der Waals surface area contributed by atoms with Crippen LogP contribution in [-0.2, 0) is 4.74 Å². The maximum Gasteiger partial charge on any atom is 0.350 e. The van der Waals surface area contributed by atoms with Crippen LogP contribution in [0.1, 0.15) is 19.3 Å². The first-order chi connectivity index (χ1) is 9.52. The van der Waals surface area contributed by atoms with Gasteiger partial charge in [0.1, 0.15) is 4.88 Å². The highest BCUT2D eigenvalue weighted by atomic mass is 32.1. The predicted molar refractivity (Wildman–Crippen MR) is 74.6 cm³/mol. The highest BCUT2D eigenvalue weighted by Crippen LogP contribution is 2.27. The van der Waals surface area contributed by atoms with Gasteiger partial charge in [-0.1, -0.05) is 11.3 Å². The number of nitro groups is 1. The second-order valence-corrected chi connectivity index (χ2v) is 5.48. The van der Waals surface area contributed by atoms with Gasteiger partial charge in [0, 0.05) is 6.07 Å². The molecule has 104 valence electrons. The SMILES string of the molecule is COC(=O)c1sccc1NC(=O)c1ccc([N+](=O)[O-])s1. The van der Waals surface area contributed by atoms with Crippen LogP contribution >= 0.6 is 22.7 Å². The van der Waals surface area contributed by atoms with E-state index in [-0.39, 0.29) is 14.8 Å². The zero-order valence-electron chi connectivity index (χ0n) is 10.1. The summed E-state index contributed by atoms with van der Waals surface area (Å²) in [4.78, 5) is 33.9. The monoisotopic (exact) mass is 312 g/mol. The van der Waals surface area contributed by atoms with Gasteiger partial charge in [-0.25, -0.2) is 4.79 Å². The third kappa shape index (κ3) is 2.83. The third-order valence-corrected chi connectivity index (χ3v) is 4.21. The fraction of sp³-hybridized carbons (Fsp3) is 0.0909. The summed E-state index contributed by atoms with van der Waals surface area (Å²) in [6, 6.07) is 4.19. The second-order valence-electron chi connectivity index (χ2n) is 3.50. The number of carbonyl (C=O) groups excluding carboxylic acids is 2. The van der Waals surface area contributed by atoms with Crippen molar-refractivity contribution < 1.29 is 19.2 Å². The molecule has 2 aromatic rings. The van der Waals surface area contributed by atoms with Crippen LogP contribution in [0.15, 0.2) is 23.6 Å². The highest BCUT2D eigenvalue weighted by molar-refractivity contribution is 7.17. The summed E-state index contributed by atoms with van der Waals surface area (Å²) in [5.74, 6) is -1.06. The average Bonchev–Trinajstić information content (AvgIpc) is 3.06. The van der Waals surface area contributed by atoms with Crippen LogP contribution in [0.2, 0.25) is 0 Å². The van der Waals surface area contributed by atoms with Crippen LogP contribution in [0.4, 0.5) is 10.7 Å². The standard InChI is InChI=1S/C11H8N2O5S2/c1-18-11(15)9-6(4-5-19-9)12-10(14)7-2-3-8(20-7)13(16)17/h2-5H,1H3,(H,12,14). The van der Waals surface area contributed by atoms with Gasteiger partial charge in [-0.2, -0.15) is 0 Å². The van der Waals surface area contributed by atoms with Gasteiger partial charge >= 0.3 is 11.0 Å². The number of rotatable bonds is 4. The van der Waals surface area contributed by atoms with Crippen molar-refractivity contribution in [2.45, 2.75) is 0 Å². The molecule has 0 aliphatic rings. The van der Waals surface area contributed by atoms with Crippen LogP contribution in [0.5, 0.6) is 0 Å². The molecule has 7 nitrogen and oxygen atoms in total. The lowest BCUT2D eigenvalue weighted by atomic mass is 10.3. The number of amides is 1. The number of nitrogens with one attached hydrogen (secondary N) is 1. The Bertz CT molecular complexity index is 676. The van der Waals surface area contributed by atoms with E-state index in [4.69, 9.17) is 0 Å². The number of anilines is 1. The molecule has 9 heteroatoms. The predicted octanol–water partition coefficient (Wildman–Crippen LogP) is 2.76. The van der Waals surface area contributed by atoms with Crippen molar-refractivity contribution in [2.24, 2.45) is 0 Å². The average molecular weight is 312 g/mol. The van der Waals surface area contributed by atoms with E-state index in [0.29, 0.717) is 5.69 Å². The first kappa shape index (κ1) is 14.2. The number of nitrogens with zero attached hydrogens (tertiary/aromatic N) is 1. The topological polar surface area (TPSA) is 98.5 Å². The number of hydrogen-bond donors (Lipinski definition) is 1. The fourth-order valence-electron chi connectivity index (χ4n) is 1.39. The molecule has 1 N–H and O–H groups in total. The molecule has 0 radical (unpaired) electrons. The lowest BCUT2D eigenvalue weighted by Gasteiger charge is -2.03. The first-order valence-corrected chi connectivity index (χ1v) is 6.94. The van der Waals surface area contributed by atoms with Crippen molar-refractivity contribution in [2.75, 3.05) is 12.4 Å². The normalized spacial score (nSPS) is 10.1. The summed E-state index contributed by atoms with van der Waals surface area (Å²) < 4.78 is 4.59. The Labute approximate surface area is 121 Å². The molecular formula is C11H8N2O5S2. The lowest BCUT2D eigenvalue weighted by molar-refractivity contribution is -0.380. The van der Waals surface area contributed by atoms with Crippen LogP contribution in [0.25, 0.3) is 0 Å². The molecule has 1 amide bonds. The Morgan fingerprint density at radius 3 is 2.70 bits per heavy atom.